The predicted octanol–water partition coefficient (Wildman–Crippen LogP) is 2.48. The van der Waals surface area contributed by atoms with Crippen molar-refractivity contribution in [1.82, 2.24) is 10.2 Å². The number of hydrogen-bond donors (Lipinski definition) is 2. The minimum absolute atomic E-state index is 0.295. The highest BCUT2D eigenvalue weighted by Crippen LogP contribution is 2.32. The van der Waals surface area contributed by atoms with Crippen LogP contribution < -0.4 is 14.8 Å². The molecule has 2 N–H and O–H groups in total. The molecule has 0 spiro atoms. The van der Waals surface area contributed by atoms with Crippen LogP contribution in [0.1, 0.15) is 5.56 Å². The summed E-state index contributed by atoms with van der Waals surface area (Å²) in [7, 11) is 0. The van der Waals surface area contributed by atoms with E-state index in [4.69, 9.17) is 21.7 Å². The monoisotopic (exact) mass is 261 g/mol. The molecule has 6 heteroatoms. The third-order valence-corrected chi connectivity index (χ3v) is 2.82. The van der Waals surface area contributed by atoms with Gasteiger partial charge < -0.3 is 14.8 Å². The van der Waals surface area contributed by atoms with Crippen molar-refractivity contribution >= 4 is 18.0 Å². The average molecular weight is 261 g/mol. The third-order valence-electron chi connectivity index (χ3n) is 2.59. The molecule has 92 valence electrons. The smallest absolute Gasteiger partial charge is 0.231 e. The van der Waals surface area contributed by atoms with Gasteiger partial charge in [0, 0.05) is 6.54 Å². The number of anilines is 1. The second-order valence-corrected chi connectivity index (χ2v) is 4.29. The van der Waals surface area contributed by atoms with Crippen LogP contribution in [0.25, 0.3) is 0 Å². The van der Waals surface area contributed by atoms with Crippen LogP contribution in [0.15, 0.2) is 30.3 Å². The highest BCUT2D eigenvalue weighted by molar-refractivity contribution is 7.71. The fourth-order valence-corrected chi connectivity index (χ4v) is 1.80. The summed E-state index contributed by atoms with van der Waals surface area (Å²) < 4.78 is 11.2. The molecule has 0 amide bonds. The zero-order chi connectivity index (χ0) is 12.4. The van der Waals surface area contributed by atoms with E-state index < -0.39 is 0 Å². The molecule has 1 aromatic carbocycles. The summed E-state index contributed by atoms with van der Waals surface area (Å²) in [6, 6.07) is 9.49. The molecule has 1 aliphatic rings. The van der Waals surface area contributed by atoms with Gasteiger partial charge in [-0.15, -0.1) is 0 Å². The summed E-state index contributed by atoms with van der Waals surface area (Å²) >= 11 is 4.93. The van der Waals surface area contributed by atoms with E-state index in [9.17, 15) is 0 Å². The van der Waals surface area contributed by atoms with Gasteiger partial charge in [-0.2, -0.15) is 5.10 Å². The van der Waals surface area contributed by atoms with Gasteiger partial charge in [-0.05, 0) is 29.8 Å². The number of nitrogens with one attached hydrogen (secondary N) is 2. The number of hydrogen-bond acceptors (Lipinski definition) is 5. The van der Waals surface area contributed by atoms with Gasteiger partial charge in [0.05, 0.1) is 0 Å². The lowest BCUT2D eigenvalue weighted by molar-refractivity contribution is 0.174. The molecule has 0 saturated carbocycles. The summed E-state index contributed by atoms with van der Waals surface area (Å²) in [4.78, 5) is 0. The molecule has 0 saturated heterocycles. The first-order valence-electron chi connectivity index (χ1n) is 5.49. The lowest BCUT2D eigenvalue weighted by Gasteiger charge is -2.05. The van der Waals surface area contributed by atoms with E-state index in [0.717, 1.165) is 22.9 Å². The Morgan fingerprint density at radius 3 is 2.94 bits per heavy atom. The van der Waals surface area contributed by atoms with Crippen LogP contribution in [0.4, 0.5) is 5.82 Å². The SMILES string of the molecule is S=c1ccc(NCc2ccc3c(c2)OCO3)n[nH]1. The quantitative estimate of drug-likeness (QED) is 0.831. The van der Waals surface area contributed by atoms with E-state index in [1.165, 1.54) is 0 Å². The molecule has 2 heterocycles. The minimum Gasteiger partial charge on any atom is -0.454 e. The van der Waals surface area contributed by atoms with Gasteiger partial charge in [0.2, 0.25) is 6.79 Å². The molecule has 3 rings (SSSR count). The van der Waals surface area contributed by atoms with Crippen LogP contribution in [0.5, 0.6) is 11.5 Å². The fraction of sp³-hybridized carbons (Fsp3) is 0.167. The number of nitrogens with zero attached hydrogens (tertiary/aromatic N) is 1. The maximum absolute atomic E-state index is 5.32. The van der Waals surface area contributed by atoms with Crippen LogP contribution in [-0.4, -0.2) is 17.0 Å². The largest absolute Gasteiger partial charge is 0.454 e. The number of ether oxygens (including phenoxy) is 2. The highest BCUT2D eigenvalue weighted by atomic mass is 32.1. The van der Waals surface area contributed by atoms with Gasteiger partial charge in [-0.1, -0.05) is 18.3 Å². The van der Waals surface area contributed by atoms with Crippen molar-refractivity contribution in [1.29, 1.82) is 0 Å². The molecule has 5 nitrogen and oxygen atoms in total. The predicted molar refractivity (Wildman–Crippen MR) is 69.3 cm³/mol. The van der Waals surface area contributed by atoms with Crippen LogP contribution in [-0.2, 0) is 6.54 Å². The first-order valence-corrected chi connectivity index (χ1v) is 5.90. The zero-order valence-corrected chi connectivity index (χ0v) is 10.3. The molecule has 1 aromatic heterocycles. The van der Waals surface area contributed by atoms with Crippen molar-refractivity contribution in [3.63, 3.8) is 0 Å². The van der Waals surface area contributed by atoms with Crippen molar-refractivity contribution in [3.8, 4) is 11.5 Å². The van der Waals surface area contributed by atoms with Gasteiger partial charge >= 0.3 is 0 Å². The van der Waals surface area contributed by atoms with Crippen LogP contribution >= 0.6 is 12.2 Å². The van der Waals surface area contributed by atoms with E-state index in [1.807, 2.05) is 24.3 Å². The van der Waals surface area contributed by atoms with E-state index in [2.05, 4.69) is 15.5 Å². The van der Waals surface area contributed by atoms with Crippen LogP contribution in [0.3, 0.4) is 0 Å². The molecular formula is C12H11N3O2S. The number of aromatic nitrogens is 2. The maximum Gasteiger partial charge on any atom is 0.231 e. The van der Waals surface area contributed by atoms with Gasteiger partial charge in [-0.3, -0.25) is 5.10 Å². The van der Waals surface area contributed by atoms with Gasteiger partial charge in [-0.25, -0.2) is 0 Å². The molecule has 0 bridgehead atoms. The Hall–Kier alpha value is -2.08. The molecule has 0 atom stereocenters. The Labute approximate surface area is 109 Å². The normalized spacial score (nSPS) is 12.4. The number of H-pyrrole nitrogens is 1. The molecule has 18 heavy (non-hydrogen) atoms. The first-order chi connectivity index (χ1) is 8.81. The Morgan fingerprint density at radius 2 is 2.11 bits per heavy atom. The maximum atomic E-state index is 5.32. The molecular weight excluding hydrogens is 250 g/mol. The van der Waals surface area contributed by atoms with Gasteiger partial charge in [0.1, 0.15) is 10.5 Å². The number of fused-ring (bicyclic) bond motifs is 1. The van der Waals surface area contributed by atoms with Gasteiger partial charge in [0.25, 0.3) is 0 Å². The Bertz CT molecular complexity index is 606. The second kappa shape index (κ2) is 4.66. The number of aromatic amines is 1. The Morgan fingerprint density at radius 1 is 1.22 bits per heavy atom. The summed E-state index contributed by atoms with van der Waals surface area (Å²) in [6.07, 6.45) is 0. The first kappa shape index (κ1) is 11.0. The molecule has 0 unspecified atom stereocenters. The third kappa shape index (κ3) is 2.28. The summed E-state index contributed by atoms with van der Waals surface area (Å²) in [5.74, 6) is 2.33. The summed E-state index contributed by atoms with van der Waals surface area (Å²) in [5.41, 5.74) is 1.10. The Balaban J connectivity index is 1.70. The zero-order valence-electron chi connectivity index (χ0n) is 9.47. The number of rotatable bonds is 3. The van der Waals surface area contributed by atoms with E-state index in [1.54, 1.807) is 6.07 Å². The molecule has 1 aliphatic heterocycles. The molecule has 2 aromatic rings. The number of benzene rings is 1. The molecule has 0 fully saturated rings. The summed E-state index contributed by atoms with van der Waals surface area (Å²) in [6.45, 7) is 0.956. The van der Waals surface area contributed by atoms with Crippen molar-refractivity contribution in [2.24, 2.45) is 0 Å². The standard InChI is InChI=1S/C12H11N3O2S/c18-12-4-3-11(14-15-12)13-6-8-1-2-9-10(5-8)17-7-16-9/h1-5H,6-7H2,(H,13,14)(H,15,18). The average Bonchev–Trinajstić information content (AvgIpc) is 2.85. The van der Waals surface area contributed by atoms with E-state index >= 15 is 0 Å². The Kier molecular flexibility index (Phi) is 2.85. The van der Waals surface area contributed by atoms with Crippen molar-refractivity contribution in [2.75, 3.05) is 12.1 Å². The summed E-state index contributed by atoms with van der Waals surface area (Å²) in [5, 5.41) is 10.00. The molecule has 0 aliphatic carbocycles. The molecule has 0 radical (unpaired) electrons. The van der Waals surface area contributed by atoms with Gasteiger partial charge in [0.15, 0.2) is 11.5 Å². The lowest BCUT2D eigenvalue weighted by Crippen LogP contribution is -2.02. The van der Waals surface area contributed by atoms with Crippen molar-refractivity contribution in [2.45, 2.75) is 6.54 Å². The second-order valence-electron chi connectivity index (χ2n) is 3.85. The fourth-order valence-electron chi connectivity index (χ4n) is 1.69. The van der Waals surface area contributed by atoms with E-state index in [-0.39, 0.29) is 0 Å². The van der Waals surface area contributed by atoms with Crippen LogP contribution in [0, 0.1) is 4.64 Å². The van der Waals surface area contributed by atoms with Crippen LogP contribution in [0.2, 0.25) is 0 Å². The highest BCUT2D eigenvalue weighted by Gasteiger charge is 2.12. The topological polar surface area (TPSA) is 59.2 Å². The van der Waals surface area contributed by atoms with Crippen molar-refractivity contribution in [3.05, 3.63) is 40.5 Å². The van der Waals surface area contributed by atoms with Crippen molar-refractivity contribution < 1.29 is 9.47 Å². The lowest BCUT2D eigenvalue weighted by atomic mass is 10.2. The van der Waals surface area contributed by atoms with E-state index in [0.29, 0.717) is 18.0 Å². The minimum atomic E-state index is 0.295.